The van der Waals surface area contributed by atoms with Gasteiger partial charge in [-0.15, -0.1) is 10.2 Å². The van der Waals surface area contributed by atoms with Gasteiger partial charge in [0.05, 0.1) is 17.8 Å². The summed E-state index contributed by atoms with van der Waals surface area (Å²) in [5.41, 5.74) is 0.0333. The van der Waals surface area contributed by atoms with Gasteiger partial charge in [-0.1, -0.05) is 6.07 Å². The summed E-state index contributed by atoms with van der Waals surface area (Å²) in [7, 11) is 1.35. The van der Waals surface area contributed by atoms with Gasteiger partial charge in [0.25, 0.3) is 5.56 Å². The van der Waals surface area contributed by atoms with E-state index in [4.69, 9.17) is 0 Å². The Morgan fingerprint density at radius 2 is 1.92 bits per heavy atom. The van der Waals surface area contributed by atoms with Crippen molar-refractivity contribution < 1.29 is 13.9 Å². The molecule has 200 valence electrons. The van der Waals surface area contributed by atoms with Crippen molar-refractivity contribution in [2.45, 2.75) is 81.7 Å². The van der Waals surface area contributed by atoms with E-state index in [9.17, 15) is 14.3 Å². The van der Waals surface area contributed by atoms with E-state index in [1.807, 2.05) is 6.92 Å². The number of nitrogens with one attached hydrogen (secondary N) is 1. The van der Waals surface area contributed by atoms with Crippen molar-refractivity contribution in [2.75, 3.05) is 4.90 Å². The second-order valence-electron chi connectivity index (χ2n) is 11.6. The average Bonchev–Trinajstić information content (AvgIpc) is 3.71. The highest BCUT2D eigenvalue weighted by atomic mass is 19.1. The van der Waals surface area contributed by atoms with Gasteiger partial charge in [0.1, 0.15) is 11.9 Å². The molecule has 4 heterocycles. The Hall–Kier alpha value is -3.40. The molecular formula is C28H32F2N6O2. The van der Waals surface area contributed by atoms with Gasteiger partial charge in [-0.05, 0) is 81.7 Å². The van der Waals surface area contributed by atoms with Gasteiger partial charge in [-0.2, -0.15) is 4.39 Å². The van der Waals surface area contributed by atoms with Crippen LogP contribution in [0, 0.1) is 5.95 Å². The topological polar surface area (TPSA) is 96.2 Å². The number of fused-ring (bicyclic) bond motifs is 2. The third-order valence-electron chi connectivity index (χ3n) is 8.51. The summed E-state index contributed by atoms with van der Waals surface area (Å²) >= 11 is 0. The monoisotopic (exact) mass is 522 g/mol. The first-order chi connectivity index (χ1) is 18.1. The van der Waals surface area contributed by atoms with Crippen LogP contribution in [-0.4, -0.2) is 54.2 Å². The molecule has 3 fully saturated rings. The Labute approximate surface area is 219 Å². The molecule has 0 radical (unpaired) electrons. The minimum absolute atomic E-state index is 0.117. The minimum atomic E-state index is -1.05. The molecule has 1 aromatic carbocycles. The van der Waals surface area contributed by atoms with Crippen molar-refractivity contribution in [1.82, 2.24) is 25.1 Å². The molecule has 4 atom stereocenters. The zero-order valence-electron chi connectivity index (χ0n) is 21.8. The average molecular weight is 523 g/mol. The first-order valence-corrected chi connectivity index (χ1v) is 13.2. The SMILES string of the molecule is Cn1c(F)cc(-c2ccc(-c3ncc(N(C4CC4)[C@H]4C[C@]5(C)CCC[C@@](C)(N5)[C@H]4F)nn3)c(O)c2)cc1=O. The number of phenols is 1. The van der Waals surface area contributed by atoms with Gasteiger partial charge in [-0.3, -0.25) is 9.36 Å². The number of halogens is 2. The lowest BCUT2D eigenvalue weighted by Crippen LogP contribution is -2.73. The fourth-order valence-electron chi connectivity index (χ4n) is 6.41. The zero-order valence-corrected chi connectivity index (χ0v) is 21.8. The van der Waals surface area contributed by atoms with Gasteiger partial charge >= 0.3 is 0 Å². The van der Waals surface area contributed by atoms with E-state index in [0.717, 1.165) is 36.7 Å². The molecule has 6 rings (SSSR count). The Morgan fingerprint density at radius 1 is 1.13 bits per heavy atom. The van der Waals surface area contributed by atoms with Crippen LogP contribution in [-0.2, 0) is 7.05 Å². The van der Waals surface area contributed by atoms with Crippen LogP contribution >= 0.6 is 0 Å². The van der Waals surface area contributed by atoms with Crippen molar-refractivity contribution in [3.63, 3.8) is 0 Å². The molecule has 3 aliphatic rings. The highest BCUT2D eigenvalue weighted by molar-refractivity contribution is 5.72. The molecule has 2 bridgehead atoms. The van der Waals surface area contributed by atoms with Gasteiger partial charge in [-0.25, -0.2) is 9.37 Å². The van der Waals surface area contributed by atoms with E-state index in [2.05, 4.69) is 32.3 Å². The maximum atomic E-state index is 16.0. The number of rotatable bonds is 5. The molecule has 2 saturated heterocycles. The lowest BCUT2D eigenvalue weighted by Gasteiger charge is -2.57. The van der Waals surface area contributed by atoms with Crippen LogP contribution in [0.25, 0.3) is 22.5 Å². The number of pyridine rings is 1. The van der Waals surface area contributed by atoms with E-state index in [1.54, 1.807) is 18.3 Å². The van der Waals surface area contributed by atoms with Gasteiger partial charge in [0.2, 0.25) is 0 Å². The van der Waals surface area contributed by atoms with E-state index < -0.39 is 23.2 Å². The van der Waals surface area contributed by atoms with E-state index in [1.165, 1.54) is 25.2 Å². The normalized spacial score (nSPS) is 28.8. The molecular weight excluding hydrogens is 490 g/mol. The molecule has 0 amide bonds. The fourth-order valence-corrected chi connectivity index (χ4v) is 6.41. The lowest BCUT2D eigenvalue weighted by molar-refractivity contribution is 0.000258. The minimum Gasteiger partial charge on any atom is -0.507 e. The summed E-state index contributed by atoms with van der Waals surface area (Å²) in [4.78, 5) is 18.5. The Morgan fingerprint density at radius 3 is 2.58 bits per heavy atom. The highest BCUT2D eigenvalue weighted by Gasteiger charge is 2.55. The number of anilines is 1. The molecule has 1 aliphatic carbocycles. The molecule has 38 heavy (non-hydrogen) atoms. The van der Waals surface area contributed by atoms with Crippen molar-refractivity contribution in [3.05, 3.63) is 52.8 Å². The summed E-state index contributed by atoms with van der Waals surface area (Å²) in [6.45, 7) is 4.18. The van der Waals surface area contributed by atoms with Crippen LogP contribution in [0.15, 0.2) is 41.3 Å². The van der Waals surface area contributed by atoms with Crippen LogP contribution in [0.5, 0.6) is 5.75 Å². The number of hydrogen-bond acceptors (Lipinski definition) is 7. The van der Waals surface area contributed by atoms with E-state index in [-0.39, 0.29) is 29.2 Å². The summed E-state index contributed by atoms with van der Waals surface area (Å²) in [5, 5.41) is 23.0. The highest BCUT2D eigenvalue weighted by Crippen LogP contribution is 2.46. The van der Waals surface area contributed by atoms with Gasteiger partial charge in [0, 0.05) is 30.2 Å². The summed E-state index contributed by atoms with van der Waals surface area (Å²) in [6.07, 6.45) is 6.07. The van der Waals surface area contributed by atoms with Crippen LogP contribution in [0.3, 0.4) is 0 Å². The fraction of sp³-hybridized carbons (Fsp3) is 0.500. The predicted octanol–water partition coefficient (Wildman–Crippen LogP) is 4.12. The van der Waals surface area contributed by atoms with E-state index in [0.29, 0.717) is 28.9 Å². The number of aromatic nitrogens is 4. The molecule has 3 aromatic rings. The van der Waals surface area contributed by atoms with Crippen molar-refractivity contribution in [3.8, 4) is 28.3 Å². The largest absolute Gasteiger partial charge is 0.507 e. The quantitative estimate of drug-likeness (QED) is 0.487. The Balaban J connectivity index is 1.28. The molecule has 10 heteroatoms. The van der Waals surface area contributed by atoms with Crippen molar-refractivity contribution in [1.29, 1.82) is 0 Å². The molecule has 8 nitrogen and oxygen atoms in total. The molecule has 2 aliphatic heterocycles. The molecule has 2 N–H and O–H groups in total. The number of nitrogens with zero attached hydrogens (tertiary/aromatic N) is 5. The van der Waals surface area contributed by atoms with Crippen molar-refractivity contribution >= 4 is 5.82 Å². The maximum Gasteiger partial charge on any atom is 0.253 e. The number of phenolic OH excluding ortho intramolecular Hbond substituents is 1. The first-order valence-electron chi connectivity index (χ1n) is 13.2. The van der Waals surface area contributed by atoms with Crippen molar-refractivity contribution in [2.24, 2.45) is 7.05 Å². The van der Waals surface area contributed by atoms with Crippen LogP contribution in [0.1, 0.15) is 52.4 Å². The smallest absolute Gasteiger partial charge is 0.253 e. The number of aromatic hydroxyl groups is 1. The first kappa shape index (κ1) is 24.9. The molecule has 0 unspecified atom stereocenters. The summed E-state index contributed by atoms with van der Waals surface area (Å²) in [5.74, 6) is -0.0206. The standard InChI is InChI=1S/C28H32F2N6O2/c1-27-9-4-10-28(2,34-27)25(30)20(14-27)36(18-6-7-18)23-15-31-26(33-32-23)19-8-5-16(11-21(19)37)17-12-22(29)35(3)24(38)13-17/h5,8,11-13,15,18,20,25,34,37H,4,6-7,9-10,14H2,1-3H3/t20-,25-,27-,28+/m0/s1. The Bertz CT molecular complexity index is 1440. The summed E-state index contributed by atoms with van der Waals surface area (Å²) in [6, 6.07) is 7.18. The van der Waals surface area contributed by atoms with Gasteiger partial charge in [0.15, 0.2) is 17.6 Å². The lowest BCUT2D eigenvalue weighted by atomic mass is 9.68. The predicted molar refractivity (Wildman–Crippen MR) is 140 cm³/mol. The van der Waals surface area contributed by atoms with Crippen LogP contribution in [0.4, 0.5) is 14.6 Å². The van der Waals surface area contributed by atoms with E-state index >= 15 is 4.39 Å². The third-order valence-corrected chi connectivity index (χ3v) is 8.51. The second-order valence-corrected chi connectivity index (χ2v) is 11.6. The molecule has 1 saturated carbocycles. The Kier molecular flexibility index (Phi) is 5.79. The molecule has 2 aromatic heterocycles. The number of hydrogen-bond donors (Lipinski definition) is 2. The number of benzene rings is 1. The van der Waals surface area contributed by atoms with Crippen LogP contribution < -0.4 is 15.8 Å². The molecule has 0 spiro atoms. The van der Waals surface area contributed by atoms with Crippen LogP contribution in [0.2, 0.25) is 0 Å². The summed E-state index contributed by atoms with van der Waals surface area (Å²) < 4.78 is 30.9. The number of piperidine rings is 2. The number of alkyl halides is 1. The maximum absolute atomic E-state index is 16.0. The second kappa shape index (κ2) is 8.83. The zero-order chi connectivity index (χ0) is 26.8. The third kappa shape index (κ3) is 4.24. The van der Waals surface area contributed by atoms with Gasteiger partial charge < -0.3 is 15.3 Å².